The highest BCUT2D eigenvalue weighted by Crippen LogP contribution is 2.24. The summed E-state index contributed by atoms with van der Waals surface area (Å²) >= 11 is 3.38. The van der Waals surface area contributed by atoms with Gasteiger partial charge in [-0.3, -0.25) is 4.79 Å². The van der Waals surface area contributed by atoms with E-state index < -0.39 is 17.4 Å². The number of ketones is 1. The minimum absolute atomic E-state index is 0.0450. The summed E-state index contributed by atoms with van der Waals surface area (Å²) in [6, 6.07) is 10.3. The zero-order chi connectivity index (χ0) is 16.4. The molecule has 0 spiro atoms. The van der Waals surface area contributed by atoms with Crippen LogP contribution in [-0.4, -0.2) is 26.0 Å². The Morgan fingerprint density at radius 1 is 1.13 bits per heavy atom. The van der Waals surface area contributed by atoms with Crippen LogP contribution in [0.4, 0.5) is 8.78 Å². The van der Waals surface area contributed by atoms with Crippen molar-refractivity contribution in [3.05, 3.63) is 64.1 Å². The van der Waals surface area contributed by atoms with Crippen LogP contribution < -0.4 is 0 Å². The Hall–Kier alpha value is -2.48. The van der Waals surface area contributed by atoms with Gasteiger partial charge in [0.1, 0.15) is 6.54 Å². The number of carbonyl (C=O) groups excluding carboxylic acids is 1. The standard InChI is InChI=1S/C15H9BrF2N4O/c16-11-4-2-1-3-10(11)15-19-21-22(20-15)8-14(23)9-5-6-12(17)13(18)7-9/h1-7H,8H2. The largest absolute Gasteiger partial charge is 0.292 e. The van der Waals surface area contributed by atoms with E-state index in [0.29, 0.717) is 5.82 Å². The Morgan fingerprint density at radius 3 is 2.65 bits per heavy atom. The highest BCUT2D eigenvalue weighted by Gasteiger charge is 2.14. The number of Topliss-reactive ketones (excluding diaryl/α,β-unsaturated/α-hetero) is 1. The molecule has 0 unspecified atom stereocenters. The summed E-state index contributed by atoms with van der Waals surface area (Å²) in [4.78, 5) is 13.2. The Bertz CT molecular complexity index is 881. The van der Waals surface area contributed by atoms with E-state index in [9.17, 15) is 13.6 Å². The average molecular weight is 379 g/mol. The molecule has 0 amide bonds. The van der Waals surface area contributed by atoms with Crippen molar-refractivity contribution >= 4 is 21.7 Å². The third kappa shape index (κ3) is 3.31. The van der Waals surface area contributed by atoms with Gasteiger partial charge in [0.2, 0.25) is 5.82 Å². The van der Waals surface area contributed by atoms with Crippen molar-refractivity contribution in [3.8, 4) is 11.4 Å². The molecule has 3 rings (SSSR count). The number of aromatic nitrogens is 4. The molecular weight excluding hydrogens is 370 g/mol. The van der Waals surface area contributed by atoms with Crippen LogP contribution in [0.3, 0.4) is 0 Å². The van der Waals surface area contributed by atoms with Gasteiger partial charge in [0.25, 0.3) is 0 Å². The van der Waals surface area contributed by atoms with Crippen molar-refractivity contribution < 1.29 is 13.6 Å². The van der Waals surface area contributed by atoms with Crippen LogP contribution in [0, 0.1) is 11.6 Å². The highest BCUT2D eigenvalue weighted by atomic mass is 79.9. The zero-order valence-electron chi connectivity index (χ0n) is 11.6. The van der Waals surface area contributed by atoms with E-state index >= 15 is 0 Å². The average Bonchev–Trinajstić information content (AvgIpc) is 2.98. The summed E-state index contributed by atoms with van der Waals surface area (Å²) in [5, 5.41) is 11.8. The van der Waals surface area contributed by atoms with Gasteiger partial charge in [0, 0.05) is 15.6 Å². The number of nitrogens with zero attached hydrogens (tertiary/aromatic N) is 4. The van der Waals surface area contributed by atoms with Crippen LogP contribution in [0.15, 0.2) is 46.9 Å². The Labute approximate surface area is 138 Å². The molecular formula is C15H9BrF2N4O. The number of tetrazole rings is 1. The van der Waals surface area contributed by atoms with E-state index in [0.717, 1.165) is 27.0 Å². The molecule has 8 heteroatoms. The lowest BCUT2D eigenvalue weighted by Gasteiger charge is -2.01. The topological polar surface area (TPSA) is 60.7 Å². The van der Waals surface area contributed by atoms with Crippen molar-refractivity contribution in [2.45, 2.75) is 6.54 Å². The van der Waals surface area contributed by atoms with Gasteiger partial charge in [-0.05, 0) is 35.5 Å². The lowest BCUT2D eigenvalue weighted by atomic mass is 10.1. The molecule has 1 heterocycles. The van der Waals surface area contributed by atoms with Crippen molar-refractivity contribution in [3.63, 3.8) is 0 Å². The quantitative estimate of drug-likeness (QED) is 0.653. The zero-order valence-corrected chi connectivity index (χ0v) is 13.2. The van der Waals surface area contributed by atoms with Crippen LogP contribution in [0.5, 0.6) is 0 Å². The molecule has 0 fully saturated rings. The van der Waals surface area contributed by atoms with Gasteiger partial charge in [-0.2, -0.15) is 4.80 Å². The number of carbonyl (C=O) groups is 1. The van der Waals surface area contributed by atoms with Crippen LogP contribution in [0.25, 0.3) is 11.4 Å². The lowest BCUT2D eigenvalue weighted by molar-refractivity contribution is 0.0961. The first-order valence-electron chi connectivity index (χ1n) is 6.55. The minimum atomic E-state index is -1.07. The number of benzene rings is 2. The minimum Gasteiger partial charge on any atom is -0.292 e. The first kappa shape index (κ1) is 15.4. The molecule has 0 bridgehead atoms. The maximum Gasteiger partial charge on any atom is 0.206 e. The first-order valence-corrected chi connectivity index (χ1v) is 7.35. The Balaban J connectivity index is 1.80. The first-order chi connectivity index (χ1) is 11.0. The second-order valence-corrected chi connectivity index (χ2v) is 5.53. The predicted octanol–water partition coefficient (Wildman–Crippen LogP) is 3.26. The third-order valence-corrected chi connectivity index (χ3v) is 3.79. The molecule has 5 nitrogen and oxygen atoms in total. The van der Waals surface area contributed by atoms with Gasteiger partial charge in [-0.15, -0.1) is 10.2 Å². The van der Waals surface area contributed by atoms with Gasteiger partial charge >= 0.3 is 0 Å². The molecule has 2 aromatic carbocycles. The molecule has 3 aromatic rings. The molecule has 0 aliphatic rings. The van der Waals surface area contributed by atoms with Gasteiger partial charge in [-0.25, -0.2) is 8.78 Å². The third-order valence-electron chi connectivity index (χ3n) is 3.09. The Kier molecular flexibility index (Phi) is 4.24. The van der Waals surface area contributed by atoms with Gasteiger partial charge < -0.3 is 0 Å². The van der Waals surface area contributed by atoms with Gasteiger partial charge in [0.05, 0.1) is 0 Å². The monoisotopic (exact) mass is 378 g/mol. The fourth-order valence-corrected chi connectivity index (χ4v) is 2.41. The van der Waals surface area contributed by atoms with E-state index in [-0.39, 0.29) is 12.1 Å². The second kappa shape index (κ2) is 6.33. The number of hydrogen-bond donors (Lipinski definition) is 0. The summed E-state index contributed by atoms with van der Waals surface area (Å²) in [5.74, 6) is -2.16. The van der Waals surface area contributed by atoms with E-state index in [1.54, 1.807) is 0 Å². The molecule has 116 valence electrons. The van der Waals surface area contributed by atoms with E-state index in [4.69, 9.17) is 0 Å². The number of halogens is 3. The van der Waals surface area contributed by atoms with Crippen LogP contribution in [-0.2, 0) is 6.54 Å². The van der Waals surface area contributed by atoms with Crippen LogP contribution in [0.1, 0.15) is 10.4 Å². The Morgan fingerprint density at radius 2 is 1.91 bits per heavy atom. The van der Waals surface area contributed by atoms with Crippen molar-refractivity contribution in [1.82, 2.24) is 20.2 Å². The van der Waals surface area contributed by atoms with E-state index in [1.807, 2.05) is 24.3 Å². The summed E-state index contributed by atoms with van der Waals surface area (Å²) in [6.45, 7) is -0.220. The molecule has 0 aliphatic carbocycles. The van der Waals surface area contributed by atoms with Crippen LogP contribution in [0.2, 0.25) is 0 Å². The number of hydrogen-bond acceptors (Lipinski definition) is 4. The maximum absolute atomic E-state index is 13.2. The fraction of sp³-hybridized carbons (Fsp3) is 0.0667. The van der Waals surface area contributed by atoms with Gasteiger partial charge in [0.15, 0.2) is 17.4 Å². The number of rotatable bonds is 4. The van der Waals surface area contributed by atoms with Crippen LogP contribution >= 0.6 is 15.9 Å². The normalized spacial score (nSPS) is 10.7. The van der Waals surface area contributed by atoms with Crippen molar-refractivity contribution in [1.29, 1.82) is 0 Å². The molecule has 23 heavy (non-hydrogen) atoms. The second-order valence-electron chi connectivity index (χ2n) is 4.68. The summed E-state index contributed by atoms with van der Waals surface area (Å²) in [5.41, 5.74) is 0.780. The molecule has 0 saturated heterocycles. The molecule has 0 saturated carbocycles. The lowest BCUT2D eigenvalue weighted by Crippen LogP contribution is -2.13. The maximum atomic E-state index is 13.2. The summed E-state index contributed by atoms with van der Waals surface area (Å²) in [7, 11) is 0. The summed E-state index contributed by atoms with van der Waals surface area (Å²) in [6.07, 6.45) is 0. The molecule has 0 radical (unpaired) electrons. The molecule has 0 aliphatic heterocycles. The molecule has 0 N–H and O–H groups in total. The van der Waals surface area contributed by atoms with Gasteiger partial charge in [-0.1, -0.05) is 28.1 Å². The predicted molar refractivity (Wildman–Crippen MR) is 81.6 cm³/mol. The van der Waals surface area contributed by atoms with Crippen molar-refractivity contribution in [2.75, 3.05) is 0 Å². The highest BCUT2D eigenvalue weighted by molar-refractivity contribution is 9.10. The smallest absolute Gasteiger partial charge is 0.206 e. The fourth-order valence-electron chi connectivity index (χ4n) is 1.95. The summed E-state index contributed by atoms with van der Waals surface area (Å²) < 4.78 is 26.9. The van der Waals surface area contributed by atoms with E-state index in [2.05, 4.69) is 31.3 Å². The SMILES string of the molecule is O=C(Cn1nnc(-c2ccccc2Br)n1)c1ccc(F)c(F)c1. The van der Waals surface area contributed by atoms with Crippen molar-refractivity contribution in [2.24, 2.45) is 0 Å². The van der Waals surface area contributed by atoms with E-state index in [1.165, 1.54) is 6.07 Å². The molecule has 0 atom stereocenters. The molecule has 1 aromatic heterocycles.